The summed E-state index contributed by atoms with van der Waals surface area (Å²) in [5, 5.41) is 0.841. The molecule has 2 aromatic rings. The summed E-state index contributed by atoms with van der Waals surface area (Å²) in [5.41, 5.74) is 8.72. The SMILES string of the molecule is Cc1oc(CSc2ccc(N)cn2)cc1C(=O)NN. The number of anilines is 1. The van der Waals surface area contributed by atoms with Crippen molar-refractivity contribution in [3.63, 3.8) is 0 Å². The van der Waals surface area contributed by atoms with Crippen molar-refractivity contribution in [3.05, 3.63) is 41.5 Å². The van der Waals surface area contributed by atoms with Crippen molar-refractivity contribution in [2.24, 2.45) is 5.84 Å². The van der Waals surface area contributed by atoms with E-state index in [1.165, 1.54) is 11.8 Å². The number of nitrogen functional groups attached to an aromatic ring is 2. The van der Waals surface area contributed by atoms with Crippen molar-refractivity contribution in [1.29, 1.82) is 0 Å². The normalized spacial score (nSPS) is 10.4. The minimum Gasteiger partial charge on any atom is -0.465 e. The number of furan rings is 1. The molecule has 0 saturated carbocycles. The number of carbonyl (C=O) groups is 1. The largest absolute Gasteiger partial charge is 0.465 e. The summed E-state index contributed by atoms with van der Waals surface area (Å²) >= 11 is 1.50. The Morgan fingerprint density at radius 3 is 2.95 bits per heavy atom. The molecular formula is C12H14N4O2S. The monoisotopic (exact) mass is 278 g/mol. The summed E-state index contributed by atoms with van der Waals surface area (Å²) in [4.78, 5) is 15.6. The van der Waals surface area contributed by atoms with Crippen molar-refractivity contribution in [2.75, 3.05) is 5.73 Å². The number of amides is 1. The Bertz CT molecular complexity index is 580. The van der Waals surface area contributed by atoms with Crippen LogP contribution in [-0.2, 0) is 5.75 Å². The van der Waals surface area contributed by atoms with Crippen LogP contribution in [0.4, 0.5) is 5.69 Å². The highest BCUT2D eigenvalue weighted by molar-refractivity contribution is 7.98. The van der Waals surface area contributed by atoms with Crippen LogP contribution >= 0.6 is 11.8 Å². The second-order valence-corrected chi connectivity index (χ2v) is 4.87. The summed E-state index contributed by atoms with van der Waals surface area (Å²) < 4.78 is 5.49. The van der Waals surface area contributed by atoms with E-state index in [9.17, 15) is 4.79 Å². The molecule has 0 aliphatic rings. The van der Waals surface area contributed by atoms with Gasteiger partial charge in [-0.15, -0.1) is 0 Å². The zero-order valence-corrected chi connectivity index (χ0v) is 11.2. The number of nitrogens with two attached hydrogens (primary N) is 2. The maximum Gasteiger partial charge on any atom is 0.268 e. The molecule has 100 valence electrons. The number of pyridine rings is 1. The van der Waals surface area contributed by atoms with Crippen LogP contribution in [-0.4, -0.2) is 10.9 Å². The van der Waals surface area contributed by atoms with Gasteiger partial charge in [0.15, 0.2) is 0 Å². The molecule has 7 heteroatoms. The van der Waals surface area contributed by atoms with E-state index in [0.717, 1.165) is 5.03 Å². The molecule has 2 rings (SSSR count). The van der Waals surface area contributed by atoms with Crippen molar-refractivity contribution >= 4 is 23.4 Å². The van der Waals surface area contributed by atoms with Gasteiger partial charge in [-0.25, -0.2) is 10.8 Å². The third-order valence-electron chi connectivity index (χ3n) is 2.47. The summed E-state index contributed by atoms with van der Waals surface area (Å²) in [6.07, 6.45) is 1.60. The molecule has 6 nitrogen and oxygen atoms in total. The minimum atomic E-state index is -0.358. The quantitative estimate of drug-likeness (QED) is 0.338. The summed E-state index contributed by atoms with van der Waals surface area (Å²) in [6.45, 7) is 1.72. The van der Waals surface area contributed by atoms with Crippen LogP contribution < -0.4 is 17.0 Å². The molecule has 0 unspecified atom stereocenters. The highest BCUT2D eigenvalue weighted by Crippen LogP contribution is 2.24. The molecule has 0 fully saturated rings. The van der Waals surface area contributed by atoms with Crippen LogP contribution in [0.5, 0.6) is 0 Å². The van der Waals surface area contributed by atoms with Gasteiger partial charge in [0.05, 0.1) is 28.2 Å². The van der Waals surface area contributed by atoms with Gasteiger partial charge in [-0.05, 0) is 25.1 Å². The van der Waals surface area contributed by atoms with E-state index in [2.05, 4.69) is 10.4 Å². The van der Waals surface area contributed by atoms with Crippen molar-refractivity contribution < 1.29 is 9.21 Å². The Hall–Kier alpha value is -1.99. The van der Waals surface area contributed by atoms with E-state index in [1.807, 2.05) is 6.07 Å². The molecule has 0 radical (unpaired) electrons. The number of hydrogen-bond acceptors (Lipinski definition) is 6. The van der Waals surface area contributed by atoms with Crippen LogP contribution in [0.3, 0.4) is 0 Å². The number of hydrazine groups is 1. The second-order valence-electron chi connectivity index (χ2n) is 3.87. The van der Waals surface area contributed by atoms with E-state index in [1.54, 1.807) is 25.3 Å². The molecule has 0 saturated heterocycles. The van der Waals surface area contributed by atoms with Crippen LogP contribution in [0.25, 0.3) is 0 Å². The first kappa shape index (κ1) is 13.4. The first-order chi connectivity index (χ1) is 9.10. The van der Waals surface area contributed by atoms with Crippen LogP contribution in [0.2, 0.25) is 0 Å². The van der Waals surface area contributed by atoms with E-state index >= 15 is 0 Å². The second kappa shape index (κ2) is 5.77. The first-order valence-corrected chi connectivity index (χ1v) is 6.53. The Balaban J connectivity index is 2.04. The fourth-order valence-electron chi connectivity index (χ4n) is 1.54. The zero-order chi connectivity index (χ0) is 13.8. The first-order valence-electron chi connectivity index (χ1n) is 5.54. The standard InChI is InChI=1S/C12H14N4O2S/c1-7-10(12(17)16-14)4-9(18-7)6-19-11-3-2-8(13)5-15-11/h2-5H,6,13-14H2,1H3,(H,16,17). The number of thioether (sulfide) groups is 1. The van der Waals surface area contributed by atoms with Gasteiger partial charge in [-0.3, -0.25) is 10.2 Å². The molecule has 0 aromatic carbocycles. The summed E-state index contributed by atoms with van der Waals surface area (Å²) in [6, 6.07) is 5.31. The van der Waals surface area contributed by atoms with Crippen molar-refractivity contribution in [3.8, 4) is 0 Å². The van der Waals surface area contributed by atoms with E-state index in [-0.39, 0.29) is 5.91 Å². The van der Waals surface area contributed by atoms with Crippen molar-refractivity contribution in [1.82, 2.24) is 10.4 Å². The molecule has 1 amide bonds. The predicted molar refractivity (Wildman–Crippen MR) is 73.3 cm³/mol. The smallest absolute Gasteiger partial charge is 0.268 e. The number of hydrogen-bond donors (Lipinski definition) is 3. The lowest BCUT2D eigenvalue weighted by atomic mass is 10.2. The number of carbonyl (C=O) groups excluding carboxylic acids is 1. The fourth-order valence-corrected chi connectivity index (χ4v) is 2.26. The Kier molecular flexibility index (Phi) is 4.08. The van der Waals surface area contributed by atoms with Gasteiger partial charge in [0, 0.05) is 0 Å². The Morgan fingerprint density at radius 1 is 1.53 bits per heavy atom. The molecule has 0 aliphatic carbocycles. The number of nitrogens with one attached hydrogen (secondary N) is 1. The number of aryl methyl sites for hydroxylation is 1. The van der Waals surface area contributed by atoms with E-state index in [4.69, 9.17) is 16.0 Å². The third kappa shape index (κ3) is 3.27. The number of nitrogens with zero attached hydrogens (tertiary/aromatic N) is 1. The minimum absolute atomic E-state index is 0.358. The van der Waals surface area contributed by atoms with Crippen LogP contribution in [0, 0.1) is 6.92 Å². The predicted octanol–water partition coefficient (Wildman–Crippen LogP) is 1.46. The highest BCUT2D eigenvalue weighted by atomic mass is 32.2. The van der Waals surface area contributed by atoms with Crippen LogP contribution in [0.15, 0.2) is 33.8 Å². The molecule has 0 bridgehead atoms. The topological polar surface area (TPSA) is 107 Å². The molecular weight excluding hydrogens is 264 g/mol. The highest BCUT2D eigenvalue weighted by Gasteiger charge is 2.14. The van der Waals surface area contributed by atoms with Gasteiger partial charge in [0.1, 0.15) is 11.5 Å². The van der Waals surface area contributed by atoms with E-state index < -0.39 is 0 Å². The molecule has 0 spiro atoms. The lowest BCUT2D eigenvalue weighted by Gasteiger charge is -1.98. The number of aromatic nitrogens is 1. The lowest BCUT2D eigenvalue weighted by molar-refractivity contribution is 0.0952. The average Bonchev–Trinajstić information content (AvgIpc) is 2.78. The van der Waals surface area contributed by atoms with Gasteiger partial charge in [0.25, 0.3) is 5.91 Å². The van der Waals surface area contributed by atoms with Gasteiger partial charge in [0.2, 0.25) is 0 Å². The van der Waals surface area contributed by atoms with Gasteiger partial charge >= 0.3 is 0 Å². The van der Waals surface area contributed by atoms with Crippen molar-refractivity contribution in [2.45, 2.75) is 17.7 Å². The lowest BCUT2D eigenvalue weighted by Crippen LogP contribution is -2.30. The Labute approximate surface area is 114 Å². The maximum absolute atomic E-state index is 11.4. The van der Waals surface area contributed by atoms with Gasteiger partial charge in [-0.2, -0.15) is 0 Å². The molecule has 0 atom stereocenters. The molecule has 2 aromatic heterocycles. The fraction of sp³-hybridized carbons (Fsp3) is 0.167. The Morgan fingerprint density at radius 2 is 2.32 bits per heavy atom. The molecule has 5 N–H and O–H groups in total. The summed E-state index contributed by atoms with van der Waals surface area (Å²) in [5.74, 6) is 6.55. The average molecular weight is 278 g/mol. The third-order valence-corrected chi connectivity index (χ3v) is 3.43. The van der Waals surface area contributed by atoms with Gasteiger partial charge < -0.3 is 10.2 Å². The van der Waals surface area contributed by atoms with Crippen LogP contribution in [0.1, 0.15) is 21.9 Å². The molecule has 2 heterocycles. The molecule has 19 heavy (non-hydrogen) atoms. The summed E-state index contributed by atoms with van der Waals surface area (Å²) in [7, 11) is 0. The number of rotatable bonds is 4. The van der Waals surface area contributed by atoms with Gasteiger partial charge in [-0.1, -0.05) is 11.8 Å². The maximum atomic E-state index is 11.4. The molecule has 0 aliphatic heterocycles. The van der Waals surface area contributed by atoms with E-state index in [0.29, 0.717) is 28.5 Å². The zero-order valence-electron chi connectivity index (χ0n) is 10.3.